The van der Waals surface area contributed by atoms with Crippen molar-refractivity contribution in [3.63, 3.8) is 0 Å². The van der Waals surface area contributed by atoms with Crippen LogP contribution < -0.4 is 5.32 Å². The second-order valence-electron chi connectivity index (χ2n) is 3.71. The van der Waals surface area contributed by atoms with Crippen molar-refractivity contribution in [1.29, 1.82) is 0 Å². The zero-order chi connectivity index (χ0) is 14.9. The van der Waals surface area contributed by atoms with Crippen LogP contribution in [0.25, 0.3) is 0 Å². The summed E-state index contributed by atoms with van der Waals surface area (Å²) in [5.41, 5.74) is -0.971. The molecule has 0 saturated heterocycles. The summed E-state index contributed by atoms with van der Waals surface area (Å²) in [5, 5.41) is 10.9. The van der Waals surface area contributed by atoms with Crippen LogP contribution in [-0.4, -0.2) is 16.1 Å². The molecule has 0 aliphatic rings. The van der Waals surface area contributed by atoms with Crippen molar-refractivity contribution in [2.45, 2.75) is 0 Å². The van der Waals surface area contributed by atoms with Crippen LogP contribution in [0, 0.1) is 23.3 Å². The van der Waals surface area contributed by atoms with Crippen LogP contribution in [0.3, 0.4) is 0 Å². The molecular weight excluding hydrogens is 280 g/mol. The number of carboxylic acid groups (broad SMARTS) is 1. The number of nitrogens with one attached hydrogen (secondary N) is 1. The standard InChI is InChI=1S/C12H6F4N2O2/c13-7-3-5(4-8(14)10(7)16)18-11-9(15)6(12(19)20)1-2-17-11/h1-4H,(H,17,18)(H,19,20). The molecule has 0 spiro atoms. The summed E-state index contributed by atoms with van der Waals surface area (Å²) in [6.07, 6.45) is 1.01. The van der Waals surface area contributed by atoms with Gasteiger partial charge in [-0.3, -0.25) is 0 Å². The van der Waals surface area contributed by atoms with Crippen molar-refractivity contribution in [2.75, 3.05) is 5.32 Å². The normalized spacial score (nSPS) is 10.4. The molecule has 1 aromatic carbocycles. The van der Waals surface area contributed by atoms with Crippen LogP contribution in [0.1, 0.15) is 10.4 Å². The predicted molar refractivity (Wildman–Crippen MR) is 60.8 cm³/mol. The van der Waals surface area contributed by atoms with Gasteiger partial charge in [0.15, 0.2) is 29.1 Å². The van der Waals surface area contributed by atoms with Gasteiger partial charge in [-0.25, -0.2) is 27.3 Å². The van der Waals surface area contributed by atoms with Crippen LogP contribution in [0.4, 0.5) is 29.1 Å². The largest absolute Gasteiger partial charge is 0.478 e. The molecule has 0 fully saturated rings. The molecular formula is C12H6F4N2O2. The number of hydrogen-bond donors (Lipinski definition) is 2. The zero-order valence-electron chi connectivity index (χ0n) is 9.62. The third kappa shape index (κ3) is 2.53. The van der Waals surface area contributed by atoms with Crippen LogP contribution in [0.5, 0.6) is 0 Å². The average molecular weight is 286 g/mol. The quantitative estimate of drug-likeness (QED) is 0.672. The van der Waals surface area contributed by atoms with Crippen LogP contribution in [-0.2, 0) is 0 Å². The first kappa shape index (κ1) is 13.8. The fourth-order valence-electron chi connectivity index (χ4n) is 1.46. The van der Waals surface area contributed by atoms with Crippen molar-refractivity contribution < 1.29 is 27.5 Å². The van der Waals surface area contributed by atoms with Gasteiger partial charge in [-0.15, -0.1) is 0 Å². The number of nitrogens with zero attached hydrogens (tertiary/aromatic N) is 1. The molecule has 0 saturated carbocycles. The Morgan fingerprint density at radius 1 is 1.10 bits per heavy atom. The lowest BCUT2D eigenvalue weighted by Gasteiger charge is -2.08. The number of aromatic carboxylic acids is 1. The van der Waals surface area contributed by atoms with E-state index in [2.05, 4.69) is 10.3 Å². The van der Waals surface area contributed by atoms with E-state index < -0.39 is 40.6 Å². The van der Waals surface area contributed by atoms with Gasteiger partial charge in [0.25, 0.3) is 0 Å². The van der Waals surface area contributed by atoms with Crippen LogP contribution in [0.2, 0.25) is 0 Å². The van der Waals surface area contributed by atoms with E-state index in [1.165, 1.54) is 0 Å². The van der Waals surface area contributed by atoms with E-state index in [1.807, 2.05) is 0 Å². The zero-order valence-corrected chi connectivity index (χ0v) is 9.62. The molecule has 104 valence electrons. The molecule has 0 aliphatic carbocycles. The van der Waals surface area contributed by atoms with Crippen LogP contribution in [0.15, 0.2) is 24.4 Å². The van der Waals surface area contributed by atoms with E-state index in [0.717, 1.165) is 12.3 Å². The number of halogens is 4. The lowest BCUT2D eigenvalue weighted by Crippen LogP contribution is -2.06. The molecule has 0 aliphatic heterocycles. The van der Waals surface area contributed by atoms with Crippen molar-refractivity contribution in [3.8, 4) is 0 Å². The van der Waals surface area contributed by atoms with Crippen molar-refractivity contribution in [1.82, 2.24) is 4.98 Å². The minimum atomic E-state index is -1.66. The highest BCUT2D eigenvalue weighted by Crippen LogP contribution is 2.23. The fourth-order valence-corrected chi connectivity index (χ4v) is 1.46. The highest BCUT2D eigenvalue weighted by atomic mass is 19.2. The first-order chi connectivity index (χ1) is 9.40. The van der Waals surface area contributed by atoms with Crippen molar-refractivity contribution in [3.05, 3.63) is 53.2 Å². The summed E-state index contributed by atoms with van der Waals surface area (Å²) in [4.78, 5) is 14.2. The van der Waals surface area contributed by atoms with Gasteiger partial charge < -0.3 is 10.4 Å². The molecule has 0 unspecified atom stereocenters. The molecule has 1 heterocycles. The van der Waals surface area contributed by atoms with Gasteiger partial charge >= 0.3 is 5.97 Å². The van der Waals surface area contributed by atoms with Gasteiger partial charge in [0.2, 0.25) is 0 Å². The number of pyridine rings is 1. The van der Waals surface area contributed by atoms with Gasteiger partial charge in [-0.05, 0) is 6.07 Å². The Morgan fingerprint density at radius 3 is 2.25 bits per heavy atom. The Labute approximate surface area is 109 Å². The summed E-state index contributed by atoms with van der Waals surface area (Å²) in [6.45, 7) is 0. The van der Waals surface area contributed by atoms with E-state index in [1.54, 1.807) is 0 Å². The smallest absolute Gasteiger partial charge is 0.338 e. The second-order valence-corrected chi connectivity index (χ2v) is 3.71. The Kier molecular flexibility index (Phi) is 3.55. The number of rotatable bonds is 3. The number of hydrogen-bond acceptors (Lipinski definition) is 3. The van der Waals surface area contributed by atoms with Gasteiger partial charge in [-0.2, -0.15) is 0 Å². The van der Waals surface area contributed by atoms with E-state index >= 15 is 0 Å². The fraction of sp³-hybridized carbons (Fsp3) is 0. The number of carboxylic acids is 1. The van der Waals surface area contributed by atoms with E-state index in [4.69, 9.17) is 5.11 Å². The second kappa shape index (κ2) is 5.16. The van der Waals surface area contributed by atoms with E-state index in [9.17, 15) is 22.4 Å². The monoisotopic (exact) mass is 286 g/mol. The maximum Gasteiger partial charge on any atom is 0.338 e. The molecule has 0 bridgehead atoms. The average Bonchev–Trinajstić information content (AvgIpc) is 2.38. The Balaban J connectivity index is 2.40. The van der Waals surface area contributed by atoms with Gasteiger partial charge in [-0.1, -0.05) is 0 Å². The predicted octanol–water partition coefficient (Wildman–Crippen LogP) is 3.08. The molecule has 1 aromatic heterocycles. The Bertz CT molecular complexity index is 668. The summed E-state index contributed by atoms with van der Waals surface area (Å²) in [5.74, 6) is -7.88. The van der Waals surface area contributed by atoms with E-state index in [0.29, 0.717) is 12.1 Å². The molecule has 2 N–H and O–H groups in total. The lowest BCUT2D eigenvalue weighted by atomic mass is 10.2. The molecule has 20 heavy (non-hydrogen) atoms. The SMILES string of the molecule is O=C(O)c1ccnc(Nc2cc(F)c(F)c(F)c2)c1F. The van der Waals surface area contributed by atoms with Gasteiger partial charge in [0, 0.05) is 24.0 Å². The minimum absolute atomic E-state index is 0.310. The maximum atomic E-state index is 13.7. The Morgan fingerprint density at radius 2 is 1.70 bits per heavy atom. The third-order valence-corrected chi connectivity index (χ3v) is 2.37. The molecule has 0 amide bonds. The number of aromatic nitrogens is 1. The maximum absolute atomic E-state index is 13.7. The van der Waals surface area contributed by atoms with Crippen LogP contribution >= 0.6 is 0 Å². The summed E-state index contributed by atoms with van der Waals surface area (Å²) in [6, 6.07) is 2.11. The van der Waals surface area contributed by atoms with E-state index in [-0.39, 0.29) is 5.69 Å². The van der Waals surface area contributed by atoms with Gasteiger partial charge in [0.1, 0.15) is 5.56 Å². The molecule has 2 aromatic rings. The van der Waals surface area contributed by atoms with Crippen molar-refractivity contribution >= 4 is 17.5 Å². The topological polar surface area (TPSA) is 62.2 Å². The van der Waals surface area contributed by atoms with Gasteiger partial charge in [0.05, 0.1) is 0 Å². The molecule has 8 heteroatoms. The number of benzene rings is 1. The Hall–Kier alpha value is -2.64. The summed E-state index contributed by atoms with van der Waals surface area (Å²) < 4.78 is 52.5. The number of anilines is 2. The molecule has 4 nitrogen and oxygen atoms in total. The first-order valence-corrected chi connectivity index (χ1v) is 5.19. The first-order valence-electron chi connectivity index (χ1n) is 5.19. The summed E-state index contributed by atoms with van der Waals surface area (Å²) >= 11 is 0. The molecule has 2 rings (SSSR count). The highest BCUT2D eigenvalue weighted by Gasteiger charge is 2.16. The summed E-state index contributed by atoms with van der Waals surface area (Å²) in [7, 11) is 0. The lowest BCUT2D eigenvalue weighted by molar-refractivity contribution is 0.0692. The number of carbonyl (C=O) groups is 1. The third-order valence-electron chi connectivity index (χ3n) is 2.37. The minimum Gasteiger partial charge on any atom is -0.478 e. The highest BCUT2D eigenvalue weighted by molar-refractivity contribution is 5.89. The molecule has 0 atom stereocenters. The van der Waals surface area contributed by atoms with Crippen molar-refractivity contribution in [2.24, 2.45) is 0 Å². The molecule has 0 radical (unpaired) electrons.